The number of hydrogen-bond acceptors (Lipinski definition) is 3. The zero-order valence-electron chi connectivity index (χ0n) is 15.6. The maximum absolute atomic E-state index is 11.2. The average molecular weight is 378 g/mol. The fourth-order valence-electron chi connectivity index (χ4n) is 4.44. The van der Waals surface area contributed by atoms with Crippen LogP contribution in [0.25, 0.3) is 21.9 Å². The Bertz CT molecular complexity index is 1250. The highest BCUT2D eigenvalue weighted by atomic mass is 16.5. The molecule has 0 unspecified atom stereocenters. The molecule has 140 valence electrons. The lowest BCUT2D eigenvalue weighted by molar-refractivity contribution is 0.143. The third-order valence-electron chi connectivity index (χ3n) is 5.69. The average Bonchev–Trinajstić information content (AvgIpc) is 2.78. The first kappa shape index (κ1) is 16.4. The summed E-state index contributed by atoms with van der Waals surface area (Å²) in [6.07, 6.45) is -0.734. The van der Waals surface area contributed by atoms with Gasteiger partial charge < -0.3 is 14.6 Å². The molecule has 6 rings (SSSR count). The minimum atomic E-state index is -0.734. The van der Waals surface area contributed by atoms with Gasteiger partial charge >= 0.3 is 0 Å². The molecule has 2 aliphatic heterocycles. The molecule has 3 nitrogen and oxygen atoms in total. The fourth-order valence-corrected chi connectivity index (χ4v) is 4.44. The second-order valence-electron chi connectivity index (χ2n) is 7.37. The van der Waals surface area contributed by atoms with E-state index < -0.39 is 6.10 Å². The Morgan fingerprint density at radius 1 is 0.690 bits per heavy atom. The smallest absolute Gasteiger partial charge is 0.135 e. The quantitative estimate of drug-likeness (QED) is 0.378. The third kappa shape index (κ3) is 2.41. The van der Waals surface area contributed by atoms with Crippen molar-refractivity contribution in [3.05, 3.63) is 102 Å². The van der Waals surface area contributed by atoms with Crippen LogP contribution in [0.1, 0.15) is 16.7 Å². The molecule has 1 N–H and O–H groups in total. The first-order chi connectivity index (χ1) is 14.3. The van der Waals surface area contributed by atoms with Gasteiger partial charge in [0.25, 0.3) is 0 Å². The Balaban J connectivity index is 1.78. The zero-order valence-corrected chi connectivity index (χ0v) is 15.6. The van der Waals surface area contributed by atoms with Crippen LogP contribution in [0.2, 0.25) is 0 Å². The Morgan fingerprint density at radius 3 is 2.10 bits per heavy atom. The maximum atomic E-state index is 11.2. The van der Waals surface area contributed by atoms with Crippen LogP contribution in [0.15, 0.2) is 84.9 Å². The van der Waals surface area contributed by atoms with E-state index in [-0.39, 0.29) is 6.61 Å². The molecule has 0 saturated heterocycles. The Kier molecular flexibility index (Phi) is 3.52. The molecule has 0 spiro atoms. The van der Waals surface area contributed by atoms with Crippen molar-refractivity contribution >= 4 is 21.9 Å². The summed E-state index contributed by atoms with van der Waals surface area (Å²) < 4.78 is 12.1. The van der Waals surface area contributed by atoms with E-state index in [9.17, 15) is 5.11 Å². The van der Waals surface area contributed by atoms with Crippen LogP contribution in [0.4, 0.5) is 0 Å². The molecule has 29 heavy (non-hydrogen) atoms. The molecule has 0 fully saturated rings. The number of ether oxygens (including phenoxy) is 2. The van der Waals surface area contributed by atoms with Gasteiger partial charge in [-0.2, -0.15) is 0 Å². The lowest BCUT2D eigenvalue weighted by atomic mass is 9.82. The topological polar surface area (TPSA) is 38.7 Å². The van der Waals surface area contributed by atoms with E-state index in [1.165, 1.54) is 0 Å². The van der Waals surface area contributed by atoms with E-state index in [0.717, 1.165) is 55.9 Å². The first-order valence-corrected chi connectivity index (χ1v) is 9.75. The Morgan fingerprint density at radius 2 is 1.34 bits per heavy atom. The van der Waals surface area contributed by atoms with Crippen molar-refractivity contribution in [2.45, 2.75) is 6.10 Å². The van der Waals surface area contributed by atoms with Gasteiger partial charge in [0.05, 0.1) is 0 Å². The molecule has 2 heterocycles. The molecule has 1 atom stereocenters. The summed E-state index contributed by atoms with van der Waals surface area (Å²) in [7, 11) is 0. The van der Waals surface area contributed by atoms with Gasteiger partial charge in [-0.05, 0) is 29.0 Å². The zero-order chi connectivity index (χ0) is 19.4. The molecule has 0 radical (unpaired) electrons. The minimum Gasteiger partial charge on any atom is -0.490 e. The van der Waals surface area contributed by atoms with E-state index in [1.807, 2.05) is 54.6 Å². The van der Waals surface area contributed by atoms with Crippen molar-refractivity contribution in [1.29, 1.82) is 0 Å². The van der Waals surface area contributed by atoms with Crippen molar-refractivity contribution in [3.8, 4) is 17.2 Å². The molecule has 2 aliphatic rings. The van der Waals surface area contributed by atoms with E-state index >= 15 is 0 Å². The molecule has 4 aromatic rings. The first-order valence-electron chi connectivity index (χ1n) is 9.75. The number of benzene rings is 4. The Hall–Kier alpha value is -3.56. The van der Waals surface area contributed by atoms with Gasteiger partial charge in [0.2, 0.25) is 0 Å². The van der Waals surface area contributed by atoms with Gasteiger partial charge in [0, 0.05) is 27.8 Å². The van der Waals surface area contributed by atoms with Crippen LogP contribution in [0.3, 0.4) is 0 Å². The van der Waals surface area contributed by atoms with Gasteiger partial charge in [-0.15, -0.1) is 0 Å². The summed E-state index contributed by atoms with van der Waals surface area (Å²) in [6.45, 7) is 0.232. The summed E-state index contributed by atoms with van der Waals surface area (Å²) >= 11 is 0. The molecular weight excluding hydrogens is 360 g/mol. The van der Waals surface area contributed by atoms with Crippen LogP contribution in [-0.2, 0) is 0 Å². The van der Waals surface area contributed by atoms with E-state index in [4.69, 9.17) is 9.47 Å². The highest BCUT2D eigenvalue weighted by Gasteiger charge is 2.33. The largest absolute Gasteiger partial charge is 0.490 e. The van der Waals surface area contributed by atoms with Crippen LogP contribution < -0.4 is 9.47 Å². The molecule has 0 aromatic heterocycles. The number of fused-ring (bicyclic) bond motifs is 5. The van der Waals surface area contributed by atoms with Crippen molar-refractivity contribution in [2.24, 2.45) is 0 Å². The SMILES string of the molecule is O[C@H]1COc2ccc3ccccc3c2C1=C1c2ccccc2Oc2ccccc21. The number of rotatable bonds is 0. The predicted octanol–water partition coefficient (Wildman–Crippen LogP) is 5.66. The highest BCUT2D eigenvalue weighted by molar-refractivity contribution is 6.10. The second kappa shape index (κ2) is 6.23. The molecule has 3 heteroatoms. The van der Waals surface area contributed by atoms with Crippen LogP contribution in [0.5, 0.6) is 17.2 Å². The lowest BCUT2D eigenvalue weighted by Gasteiger charge is -2.32. The molecule has 0 amide bonds. The van der Waals surface area contributed by atoms with Gasteiger partial charge in [0.1, 0.15) is 30.0 Å². The second-order valence-corrected chi connectivity index (χ2v) is 7.37. The summed E-state index contributed by atoms with van der Waals surface area (Å²) in [6, 6.07) is 28.3. The van der Waals surface area contributed by atoms with Gasteiger partial charge in [-0.3, -0.25) is 0 Å². The maximum Gasteiger partial charge on any atom is 0.135 e. The van der Waals surface area contributed by atoms with E-state index in [2.05, 4.69) is 30.3 Å². The molecule has 0 saturated carbocycles. The van der Waals surface area contributed by atoms with Crippen LogP contribution >= 0.6 is 0 Å². The van der Waals surface area contributed by atoms with Crippen molar-refractivity contribution < 1.29 is 14.6 Å². The number of hydrogen-bond donors (Lipinski definition) is 1. The monoisotopic (exact) mass is 378 g/mol. The summed E-state index contributed by atoms with van der Waals surface area (Å²) in [5.41, 5.74) is 4.84. The van der Waals surface area contributed by atoms with E-state index in [0.29, 0.717) is 0 Å². The number of para-hydroxylation sites is 2. The molecule has 4 aromatic carbocycles. The highest BCUT2D eigenvalue weighted by Crippen LogP contribution is 2.50. The summed E-state index contributed by atoms with van der Waals surface area (Å²) in [5, 5.41) is 13.4. The number of aliphatic hydroxyl groups excluding tert-OH is 1. The van der Waals surface area contributed by atoms with Crippen molar-refractivity contribution in [2.75, 3.05) is 6.61 Å². The number of aliphatic hydroxyl groups is 1. The molecule has 0 bridgehead atoms. The lowest BCUT2D eigenvalue weighted by Crippen LogP contribution is -2.26. The fraction of sp³-hybridized carbons (Fsp3) is 0.0769. The Labute approximate surface area is 168 Å². The van der Waals surface area contributed by atoms with Crippen molar-refractivity contribution in [3.63, 3.8) is 0 Å². The third-order valence-corrected chi connectivity index (χ3v) is 5.69. The van der Waals surface area contributed by atoms with Gasteiger partial charge in [0.15, 0.2) is 0 Å². The molecular formula is C26H18O3. The van der Waals surface area contributed by atoms with Crippen LogP contribution in [0, 0.1) is 0 Å². The summed E-state index contributed by atoms with van der Waals surface area (Å²) in [5.74, 6) is 2.40. The molecule has 0 aliphatic carbocycles. The normalized spacial score (nSPS) is 17.1. The predicted molar refractivity (Wildman–Crippen MR) is 114 cm³/mol. The standard InChI is InChI=1S/C26H18O3/c27-20-15-28-23-14-13-16-7-1-2-8-17(16)25(23)26(20)24-18-9-3-5-11-21(18)29-22-12-6-4-10-19(22)24/h1-14,20,27H,15H2/t20-/m0/s1. The van der Waals surface area contributed by atoms with E-state index in [1.54, 1.807) is 0 Å². The van der Waals surface area contributed by atoms with Gasteiger partial charge in [-0.1, -0.05) is 66.7 Å². The van der Waals surface area contributed by atoms with Crippen LogP contribution in [-0.4, -0.2) is 17.8 Å². The summed E-state index contributed by atoms with van der Waals surface area (Å²) in [4.78, 5) is 0. The van der Waals surface area contributed by atoms with Gasteiger partial charge in [-0.25, -0.2) is 0 Å². The van der Waals surface area contributed by atoms with Crippen molar-refractivity contribution in [1.82, 2.24) is 0 Å². The minimum absolute atomic E-state index is 0.232.